The fourth-order valence-electron chi connectivity index (χ4n) is 2.21. The first-order chi connectivity index (χ1) is 9.34. The van der Waals surface area contributed by atoms with Gasteiger partial charge in [0.2, 0.25) is 0 Å². The standard InChI is InChI=1S/C16H16N2S/c1-18(13-7-3-2-4-8-13)17-15-11-12-19-16-10-6-5-9-14(15)16/h2-10H,11-12H2,1H3/b17-15-. The number of rotatable bonds is 2. The van der Waals surface area contributed by atoms with E-state index in [2.05, 4.69) is 36.4 Å². The molecule has 96 valence electrons. The lowest BCUT2D eigenvalue weighted by Gasteiger charge is -2.20. The average Bonchev–Trinajstić information content (AvgIpc) is 2.48. The fourth-order valence-corrected chi connectivity index (χ4v) is 3.24. The largest absolute Gasteiger partial charge is 0.268 e. The van der Waals surface area contributed by atoms with Gasteiger partial charge in [-0.1, -0.05) is 36.4 Å². The van der Waals surface area contributed by atoms with Crippen LogP contribution in [-0.2, 0) is 0 Å². The molecular formula is C16H16N2S. The zero-order valence-corrected chi connectivity index (χ0v) is 11.7. The Morgan fingerprint density at radius 2 is 1.74 bits per heavy atom. The van der Waals surface area contributed by atoms with Crippen molar-refractivity contribution in [3.05, 3.63) is 60.2 Å². The van der Waals surface area contributed by atoms with Gasteiger partial charge in [-0.3, -0.25) is 5.01 Å². The number of hydrogen-bond acceptors (Lipinski definition) is 3. The highest BCUT2D eigenvalue weighted by Crippen LogP contribution is 2.30. The molecule has 0 fully saturated rings. The molecule has 0 aromatic heterocycles. The predicted octanol–water partition coefficient (Wildman–Crippen LogP) is 4.02. The number of para-hydroxylation sites is 1. The van der Waals surface area contributed by atoms with E-state index in [1.54, 1.807) is 0 Å². The summed E-state index contributed by atoms with van der Waals surface area (Å²) in [6.07, 6.45) is 1.03. The Morgan fingerprint density at radius 3 is 2.58 bits per heavy atom. The zero-order chi connectivity index (χ0) is 13.1. The van der Waals surface area contributed by atoms with E-state index in [0.717, 1.165) is 17.9 Å². The van der Waals surface area contributed by atoms with Crippen molar-refractivity contribution < 1.29 is 0 Å². The highest BCUT2D eigenvalue weighted by Gasteiger charge is 2.16. The topological polar surface area (TPSA) is 15.6 Å². The molecule has 2 aromatic carbocycles. The Hall–Kier alpha value is -1.74. The van der Waals surface area contributed by atoms with E-state index < -0.39 is 0 Å². The summed E-state index contributed by atoms with van der Waals surface area (Å²) in [5.41, 5.74) is 3.58. The van der Waals surface area contributed by atoms with Crippen LogP contribution >= 0.6 is 11.8 Å². The first-order valence-electron chi connectivity index (χ1n) is 6.43. The van der Waals surface area contributed by atoms with Gasteiger partial charge in [0.15, 0.2) is 0 Å². The van der Waals surface area contributed by atoms with Gasteiger partial charge in [-0.25, -0.2) is 0 Å². The van der Waals surface area contributed by atoms with Crippen LogP contribution in [0.15, 0.2) is 64.6 Å². The minimum Gasteiger partial charge on any atom is -0.268 e. The minimum absolute atomic E-state index is 1.03. The van der Waals surface area contributed by atoms with E-state index in [0.29, 0.717) is 0 Å². The maximum absolute atomic E-state index is 4.78. The van der Waals surface area contributed by atoms with Crippen LogP contribution in [0.25, 0.3) is 0 Å². The Bertz CT molecular complexity index is 593. The lowest BCUT2D eigenvalue weighted by Crippen LogP contribution is -2.17. The lowest BCUT2D eigenvalue weighted by molar-refractivity contribution is 0.998. The highest BCUT2D eigenvalue weighted by molar-refractivity contribution is 7.99. The molecule has 19 heavy (non-hydrogen) atoms. The second-order valence-electron chi connectivity index (χ2n) is 4.50. The molecule has 2 aromatic rings. The van der Waals surface area contributed by atoms with Gasteiger partial charge in [0.1, 0.15) is 0 Å². The molecule has 0 unspecified atom stereocenters. The summed E-state index contributed by atoms with van der Waals surface area (Å²) >= 11 is 1.92. The normalized spacial score (nSPS) is 16.2. The van der Waals surface area contributed by atoms with Gasteiger partial charge in [-0.05, 0) is 18.2 Å². The third-order valence-electron chi connectivity index (χ3n) is 3.19. The Kier molecular flexibility index (Phi) is 3.56. The van der Waals surface area contributed by atoms with Crippen LogP contribution < -0.4 is 5.01 Å². The number of nitrogens with zero attached hydrogens (tertiary/aromatic N) is 2. The van der Waals surface area contributed by atoms with Crippen molar-refractivity contribution in [2.24, 2.45) is 5.10 Å². The molecule has 0 N–H and O–H groups in total. The molecule has 1 heterocycles. The van der Waals surface area contributed by atoms with Crippen molar-refractivity contribution in [1.82, 2.24) is 0 Å². The van der Waals surface area contributed by atoms with Crippen molar-refractivity contribution >= 4 is 23.2 Å². The molecule has 3 rings (SSSR count). The van der Waals surface area contributed by atoms with Crippen molar-refractivity contribution in [2.45, 2.75) is 11.3 Å². The van der Waals surface area contributed by atoms with Crippen molar-refractivity contribution in [1.29, 1.82) is 0 Å². The summed E-state index contributed by atoms with van der Waals surface area (Å²) in [6, 6.07) is 18.8. The smallest absolute Gasteiger partial charge is 0.0701 e. The van der Waals surface area contributed by atoms with Crippen LogP contribution in [0.3, 0.4) is 0 Å². The molecular weight excluding hydrogens is 252 g/mol. The first kappa shape index (κ1) is 12.3. The molecule has 0 amide bonds. The highest BCUT2D eigenvalue weighted by atomic mass is 32.2. The number of fused-ring (bicyclic) bond motifs is 1. The number of hydrogen-bond donors (Lipinski definition) is 0. The van der Waals surface area contributed by atoms with Gasteiger partial charge in [0.25, 0.3) is 0 Å². The summed E-state index contributed by atoms with van der Waals surface area (Å²) in [5, 5.41) is 6.74. The Morgan fingerprint density at radius 1 is 1.00 bits per heavy atom. The SMILES string of the molecule is CN(/N=C1/CCSc2ccccc21)c1ccccc1. The third-order valence-corrected chi connectivity index (χ3v) is 4.27. The molecule has 0 atom stereocenters. The van der Waals surface area contributed by atoms with Crippen LogP contribution in [-0.4, -0.2) is 18.5 Å². The van der Waals surface area contributed by atoms with E-state index in [4.69, 9.17) is 5.10 Å². The van der Waals surface area contributed by atoms with Gasteiger partial charge in [0, 0.05) is 29.7 Å². The molecule has 3 heteroatoms. The van der Waals surface area contributed by atoms with Gasteiger partial charge in [-0.15, -0.1) is 11.8 Å². The lowest BCUT2D eigenvalue weighted by atomic mass is 10.1. The molecule has 1 aliphatic rings. The number of benzene rings is 2. The van der Waals surface area contributed by atoms with Gasteiger partial charge in [-0.2, -0.15) is 5.10 Å². The molecule has 0 bridgehead atoms. The van der Waals surface area contributed by atoms with E-state index in [9.17, 15) is 0 Å². The summed E-state index contributed by atoms with van der Waals surface area (Å²) < 4.78 is 0. The van der Waals surface area contributed by atoms with Crippen molar-refractivity contribution in [3.63, 3.8) is 0 Å². The van der Waals surface area contributed by atoms with E-state index >= 15 is 0 Å². The maximum Gasteiger partial charge on any atom is 0.0701 e. The van der Waals surface area contributed by atoms with Crippen LogP contribution in [0, 0.1) is 0 Å². The number of hydrazone groups is 1. The van der Waals surface area contributed by atoms with E-state index in [1.807, 2.05) is 42.0 Å². The fraction of sp³-hybridized carbons (Fsp3) is 0.188. The molecule has 0 spiro atoms. The molecule has 0 saturated heterocycles. The quantitative estimate of drug-likeness (QED) is 0.764. The Labute approximate surface area is 118 Å². The summed E-state index contributed by atoms with van der Waals surface area (Å²) in [5.74, 6) is 1.11. The molecule has 0 radical (unpaired) electrons. The Balaban J connectivity index is 1.93. The van der Waals surface area contributed by atoms with Gasteiger partial charge >= 0.3 is 0 Å². The second kappa shape index (κ2) is 5.49. The van der Waals surface area contributed by atoms with E-state index in [-0.39, 0.29) is 0 Å². The number of thioether (sulfide) groups is 1. The van der Waals surface area contributed by atoms with Crippen LogP contribution in [0.5, 0.6) is 0 Å². The zero-order valence-electron chi connectivity index (χ0n) is 10.9. The van der Waals surface area contributed by atoms with Gasteiger partial charge < -0.3 is 0 Å². The van der Waals surface area contributed by atoms with E-state index in [1.165, 1.54) is 16.2 Å². The summed E-state index contributed by atoms with van der Waals surface area (Å²) in [6.45, 7) is 0. The maximum atomic E-state index is 4.78. The monoisotopic (exact) mass is 268 g/mol. The second-order valence-corrected chi connectivity index (χ2v) is 5.64. The summed E-state index contributed by atoms with van der Waals surface area (Å²) in [4.78, 5) is 1.34. The van der Waals surface area contributed by atoms with Crippen LogP contribution in [0.1, 0.15) is 12.0 Å². The molecule has 2 nitrogen and oxygen atoms in total. The van der Waals surface area contributed by atoms with Gasteiger partial charge in [0.05, 0.1) is 11.4 Å². The molecule has 1 aliphatic heterocycles. The first-order valence-corrected chi connectivity index (χ1v) is 7.41. The number of anilines is 1. The third kappa shape index (κ3) is 2.66. The van der Waals surface area contributed by atoms with Crippen molar-refractivity contribution in [3.8, 4) is 0 Å². The predicted molar refractivity (Wildman–Crippen MR) is 83.2 cm³/mol. The average molecular weight is 268 g/mol. The van der Waals surface area contributed by atoms with Crippen LogP contribution in [0.4, 0.5) is 5.69 Å². The van der Waals surface area contributed by atoms with Crippen molar-refractivity contribution in [2.75, 3.05) is 17.8 Å². The summed E-state index contributed by atoms with van der Waals surface area (Å²) in [7, 11) is 2.01. The minimum atomic E-state index is 1.03. The molecule has 0 aliphatic carbocycles. The van der Waals surface area contributed by atoms with Crippen LogP contribution in [0.2, 0.25) is 0 Å². The molecule has 0 saturated carbocycles.